The Balaban J connectivity index is 1.72. The van der Waals surface area contributed by atoms with E-state index in [0.717, 1.165) is 11.3 Å². The van der Waals surface area contributed by atoms with E-state index in [1.54, 1.807) is 0 Å². The van der Waals surface area contributed by atoms with Crippen molar-refractivity contribution < 1.29 is 24.2 Å². The zero-order chi connectivity index (χ0) is 22.0. The molecule has 10 nitrogen and oxygen atoms in total. The van der Waals surface area contributed by atoms with E-state index in [1.807, 2.05) is 11.8 Å². The third-order valence-electron chi connectivity index (χ3n) is 4.89. The van der Waals surface area contributed by atoms with Crippen molar-refractivity contribution in [1.82, 2.24) is 20.3 Å². The van der Waals surface area contributed by atoms with Gasteiger partial charge in [0, 0.05) is 27.1 Å². The second kappa shape index (κ2) is 9.11. The van der Waals surface area contributed by atoms with E-state index < -0.39 is 11.8 Å². The summed E-state index contributed by atoms with van der Waals surface area (Å²) in [5.41, 5.74) is 0.646. The summed E-state index contributed by atoms with van der Waals surface area (Å²) >= 11 is 6.96. The van der Waals surface area contributed by atoms with Crippen molar-refractivity contribution in [1.29, 1.82) is 0 Å². The third kappa shape index (κ3) is 4.47. The molecule has 0 unspecified atom stereocenters. The van der Waals surface area contributed by atoms with Gasteiger partial charge in [0.1, 0.15) is 10.6 Å². The highest BCUT2D eigenvalue weighted by Gasteiger charge is 2.33. The average Bonchev–Trinajstić information content (AvgIpc) is 3.32. The number of carboxylic acids is 1. The monoisotopic (exact) mass is 455 g/mol. The van der Waals surface area contributed by atoms with Gasteiger partial charge in [0.25, 0.3) is 5.91 Å². The second-order valence-corrected chi connectivity index (χ2v) is 8.17. The van der Waals surface area contributed by atoms with Crippen LogP contribution in [-0.4, -0.2) is 70.1 Å². The highest BCUT2D eigenvalue weighted by Crippen LogP contribution is 2.30. The molecule has 1 saturated heterocycles. The van der Waals surface area contributed by atoms with Crippen LogP contribution in [0.4, 0.5) is 5.13 Å². The highest BCUT2D eigenvalue weighted by atomic mass is 35.5. The third-order valence-corrected chi connectivity index (χ3v) is 6.31. The van der Waals surface area contributed by atoms with Crippen molar-refractivity contribution in [2.45, 2.75) is 38.8 Å². The second-order valence-electron chi connectivity index (χ2n) is 6.83. The number of aromatic amines is 1. The molecule has 0 aromatic carbocycles. The number of nitrogens with one attached hydrogen (secondary N) is 2. The van der Waals surface area contributed by atoms with Crippen LogP contribution in [0.3, 0.4) is 0 Å². The molecule has 1 amide bonds. The number of ether oxygens (including phenoxy) is 1. The van der Waals surface area contributed by atoms with Crippen molar-refractivity contribution in [3.05, 3.63) is 27.2 Å². The number of H-pyrrole nitrogens is 1. The number of amides is 1. The van der Waals surface area contributed by atoms with E-state index >= 15 is 0 Å². The Kier molecular flexibility index (Phi) is 6.74. The van der Waals surface area contributed by atoms with Gasteiger partial charge >= 0.3 is 5.97 Å². The molecule has 30 heavy (non-hydrogen) atoms. The van der Waals surface area contributed by atoms with Gasteiger partial charge in [0.05, 0.1) is 17.8 Å². The number of ketones is 1. The molecule has 3 N–H and O–H groups in total. The summed E-state index contributed by atoms with van der Waals surface area (Å²) in [6.07, 6.45) is 0.806. The molecule has 2 aromatic heterocycles. The standard InChI is InChI=1S/C18H22ClN5O5S/c1-4-9-14(19)23-15(20-9)16(26)21-10-5-6-24(7-11(10)29-3)18-22-12(8(2)25)13(30-18)17(27)28/h10-11H,4-7H2,1-3H3,(H,20,23)(H,21,26)(H,27,28)/t10-,11+/m1/s1. The van der Waals surface area contributed by atoms with Crippen LogP contribution in [-0.2, 0) is 11.2 Å². The van der Waals surface area contributed by atoms with Crippen LogP contribution in [0.25, 0.3) is 0 Å². The van der Waals surface area contributed by atoms with Crippen molar-refractivity contribution >= 4 is 45.7 Å². The molecule has 2 atom stereocenters. The number of Topliss-reactive ketones (excluding diaryl/α,β-unsaturated/α-hetero) is 1. The van der Waals surface area contributed by atoms with E-state index in [-0.39, 0.29) is 39.6 Å². The SMILES string of the molecule is CCc1[nH]c(C(=O)N[C@@H]2CCN(c3nc(C(C)=O)c(C(=O)O)s3)C[C@@H]2OC)nc1Cl. The lowest BCUT2D eigenvalue weighted by atomic mass is 10.0. The van der Waals surface area contributed by atoms with E-state index in [1.165, 1.54) is 14.0 Å². The average molecular weight is 456 g/mol. The topological polar surface area (TPSA) is 138 Å². The van der Waals surface area contributed by atoms with Gasteiger partial charge in [0.2, 0.25) is 0 Å². The number of nitrogens with zero attached hydrogens (tertiary/aromatic N) is 3. The maximum Gasteiger partial charge on any atom is 0.348 e. The minimum absolute atomic E-state index is 0.0479. The number of piperidine rings is 1. The molecule has 3 rings (SSSR count). The summed E-state index contributed by atoms with van der Waals surface area (Å²) < 4.78 is 5.55. The Morgan fingerprint density at radius 1 is 1.40 bits per heavy atom. The highest BCUT2D eigenvalue weighted by molar-refractivity contribution is 7.17. The van der Waals surface area contributed by atoms with Crippen molar-refractivity contribution in [2.24, 2.45) is 0 Å². The number of rotatable bonds is 7. The fourth-order valence-electron chi connectivity index (χ4n) is 3.29. The van der Waals surface area contributed by atoms with Gasteiger partial charge in [-0.05, 0) is 12.8 Å². The molecule has 1 aliphatic heterocycles. The largest absolute Gasteiger partial charge is 0.477 e. The molecule has 0 bridgehead atoms. The number of hydrogen-bond donors (Lipinski definition) is 3. The number of methoxy groups -OCH3 is 1. The van der Waals surface area contributed by atoms with Crippen LogP contribution in [0.2, 0.25) is 5.15 Å². The van der Waals surface area contributed by atoms with Gasteiger partial charge in [-0.15, -0.1) is 0 Å². The normalized spacial score (nSPS) is 19.0. The Labute approximate surface area is 181 Å². The maximum absolute atomic E-state index is 12.6. The minimum Gasteiger partial charge on any atom is -0.477 e. The molecule has 3 heterocycles. The molecule has 1 aliphatic rings. The number of hydrogen-bond acceptors (Lipinski definition) is 8. The van der Waals surface area contributed by atoms with Crippen LogP contribution in [0, 0.1) is 0 Å². The first-order chi connectivity index (χ1) is 14.2. The van der Waals surface area contributed by atoms with Gasteiger partial charge in [-0.1, -0.05) is 29.9 Å². The van der Waals surface area contributed by atoms with Gasteiger partial charge in [-0.25, -0.2) is 14.8 Å². The van der Waals surface area contributed by atoms with Crippen LogP contribution < -0.4 is 10.2 Å². The van der Waals surface area contributed by atoms with Crippen molar-refractivity contribution in [2.75, 3.05) is 25.1 Å². The number of imidazole rings is 1. The summed E-state index contributed by atoms with van der Waals surface area (Å²) in [5, 5.41) is 13.0. The Hall–Kier alpha value is -2.50. The Morgan fingerprint density at radius 2 is 2.13 bits per heavy atom. The molecule has 12 heteroatoms. The number of aryl methyl sites for hydroxylation is 1. The van der Waals surface area contributed by atoms with Gasteiger partial charge in [-0.2, -0.15) is 0 Å². The molecule has 0 saturated carbocycles. The van der Waals surface area contributed by atoms with Crippen LogP contribution in [0.15, 0.2) is 0 Å². The quantitative estimate of drug-likeness (QED) is 0.539. The molecular formula is C18H22ClN5O5S. The first-order valence-corrected chi connectivity index (χ1v) is 10.5. The zero-order valence-electron chi connectivity index (χ0n) is 16.7. The Morgan fingerprint density at radius 3 is 2.67 bits per heavy atom. The number of thiazole rings is 1. The van der Waals surface area contributed by atoms with Crippen LogP contribution >= 0.6 is 22.9 Å². The van der Waals surface area contributed by atoms with Crippen LogP contribution in [0.1, 0.15) is 56.7 Å². The predicted octanol–water partition coefficient (Wildman–Crippen LogP) is 2.01. The predicted molar refractivity (Wildman–Crippen MR) is 111 cm³/mol. The number of halogens is 1. The molecule has 0 radical (unpaired) electrons. The minimum atomic E-state index is -1.18. The lowest BCUT2D eigenvalue weighted by Gasteiger charge is -2.37. The molecule has 0 aliphatic carbocycles. The number of aromatic carboxylic acids is 1. The van der Waals surface area contributed by atoms with Gasteiger partial charge in [0.15, 0.2) is 21.9 Å². The van der Waals surface area contributed by atoms with E-state index in [9.17, 15) is 19.5 Å². The molecule has 1 fully saturated rings. The van der Waals surface area contributed by atoms with E-state index in [0.29, 0.717) is 36.8 Å². The van der Waals surface area contributed by atoms with Gasteiger partial charge < -0.3 is 25.0 Å². The number of anilines is 1. The maximum atomic E-state index is 12.6. The summed E-state index contributed by atoms with van der Waals surface area (Å²) in [6, 6.07) is -0.279. The lowest BCUT2D eigenvalue weighted by Crippen LogP contribution is -2.55. The number of carbonyl (C=O) groups is 3. The van der Waals surface area contributed by atoms with E-state index in [4.69, 9.17) is 16.3 Å². The fraction of sp³-hybridized carbons (Fsp3) is 0.500. The molecule has 2 aromatic rings. The van der Waals surface area contributed by atoms with Crippen molar-refractivity contribution in [3.63, 3.8) is 0 Å². The zero-order valence-corrected chi connectivity index (χ0v) is 18.3. The number of carbonyl (C=O) groups excluding carboxylic acids is 2. The molecular weight excluding hydrogens is 434 g/mol. The first-order valence-electron chi connectivity index (χ1n) is 9.33. The van der Waals surface area contributed by atoms with Crippen molar-refractivity contribution in [3.8, 4) is 0 Å². The van der Waals surface area contributed by atoms with Crippen LogP contribution in [0.5, 0.6) is 0 Å². The number of aromatic nitrogens is 3. The fourth-order valence-corrected chi connectivity index (χ4v) is 4.54. The first kappa shape index (κ1) is 22.2. The summed E-state index contributed by atoms with van der Waals surface area (Å²) in [5.74, 6) is -1.81. The summed E-state index contributed by atoms with van der Waals surface area (Å²) in [7, 11) is 1.54. The summed E-state index contributed by atoms with van der Waals surface area (Å²) in [4.78, 5) is 48.7. The summed E-state index contributed by atoms with van der Waals surface area (Å²) in [6.45, 7) is 4.08. The Bertz CT molecular complexity index is 943. The smallest absolute Gasteiger partial charge is 0.348 e. The van der Waals surface area contributed by atoms with Gasteiger partial charge in [-0.3, -0.25) is 9.59 Å². The number of carboxylic acid groups (broad SMARTS) is 1. The lowest BCUT2D eigenvalue weighted by molar-refractivity contribution is 0.0538. The van der Waals surface area contributed by atoms with E-state index in [2.05, 4.69) is 20.3 Å². The molecule has 162 valence electrons. The molecule has 0 spiro atoms.